The van der Waals surface area contributed by atoms with Gasteiger partial charge >= 0.3 is 0 Å². The van der Waals surface area contributed by atoms with Gasteiger partial charge in [0.1, 0.15) is 22.5 Å². The van der Waals surface area contributed by atoms with Crippen LogP contribution in [0.4, 0.5) is 0 Å². The van der Waals surface area contributed by atoms with Crippen molar-refractivity contribution in [3.8, 4) is 34.4 Å². The molecule has 6 rings (SSSR count). The third-order valence-corrected chi connectivity index (χ3v) is 5.61. The fourth-order valence-corrected chi connectivity index (χ4v) is 3.85. The van der Waals surface area contributed by atoms with Gasteiger partial charge in [-0.1, -0.05) is 23.2 Å². The number of ether oxygens (including phenoxy) is 1. The van der Waals surface area contributed by atoms with Crippen molar-refractivity contribution in [2.24, 2.45) is 0 Å². The predicted molar refractivity (Wildman–Crippen MR) is 129 cm³/mol. The summed E-state index contributed by atoms with van der Waals surface area (Å²) in [5.74, 6) is 2.45. The van der Waals surface area contributed by atoms with Crippen molar-refractivity contribution in [1.82, 2.24) is 9.97 Å². The van der Waals surface area contributed by atoms with Crippen LogP contribution >= 0.6 is 23.2 Å². The van der Waals surface area contributed by atoms with Gasteiger partial charge in [-0.15, -0.1) is 0 Å². The number of nitrogens with zero attached hydrogens (tertiary/aromatic N) is 2. The Morgan fingerprint density at radius 1 is 0.545 bits per heavy atom. The summed E-state index contributed by atoms with van der Waals surface area (Å²) in [4.78, 5) is 9.00. The molecule has 0 saturated carbocycles. The molecule has 33 heavy (non-hydrogen) atoms. The maximum Gasteiger partial charge on any atom is 0.227 e. The number of halogens is 2. The summed E-state index contributed by atoms with van der Waals surface area (Å²) in [5.41, 5.74) is 4.52. The zero-order chi connectivity index (χ0) is 22.4. The van der Waals surface area contributed by atoms with Gasteiger partial charge in [-0.05, 0) is 84.9 Å². The summed E-state index contributed by atoms with van der Waals surface area (Å²) in [6.07, 6.45) is 0. The van der Waals surface area contributed by atoms with Crippen molar-refractivity contribution in [3.05, 3.63) is 95.0 Å². The molecule has 0 aliphatic heterocycles. The molecule has 7 heteroatoms. The summed E-state index contributed by atoms with van der Waals surface area (Å²) in [6, 6.07) is 25.8. The lowest BCUT2D eigenvalue weighted by Crippen LogP contribution is -1.85. The van der Waals surface area contributed by atoms with Crippen molar-refractivity contribution >= 4 is 45.4 Å². The van der Waals surface area contributed by atoms with Gasteiger partial charge in [-0.25, -0.2) is 9.97 Å². The Hall–Kier alpha value is -3.80. The lowest BCUT2D eigenvalue weighted by molar-refractivity contribution is 0.482. The monoisotopic (exact) mass is 472 g/mol. The lowest BCUT2D eigenvalue weighted by atomic mass is 10.2. The van der Waals surface area contributed by atoms with E-state index in [1.54, 1.807) is 24.3 Å². The zero-order valence-corrected chi connectivity index (χ0v) is 18.5. The van der Waals surface area contributed by atoms with Gasteiger partial charge in [0.15, 0.2) is 11.2 Å². The molecule has 0 radical (unpaired) electrons. The van der Waals surface area contributed by atoms with Crippen LogP contribution in [0.3, 0.4) is 0 Å². The van der Waals surface area contributed by atoms with Crippen LogP contribution < -0.4 is 4.74 Å². The van der Waals surface area contributed by atoms with Crippen LogP contribution in [0.1, 0.15) is 0 Å². The van der Waals surface area contributed by atoms with Gasteiger partial charge in [0.25, 0.3) is 0 Å². The van der Waals surface area contributed by atoms with Gasteiger partial charge in [0.2, 0.25) is 11.8 Å². The molecule has 0 spiro atoms. The standard InChI is InChI=1S/C26H14Cl2N2O3/c27-17-5-11-23-21(13-17)29-25(32-23)15-1-7-19(8-2-15)31-20-9-3-16(4-10-20)26-30-22-14-18(28)6-12-24(22)33-26/h1-14H. The first-order valence-electron chi connectivity index (χ1n) is 10.1. The number of fused-ring (bicyclic) bond motifs is 2. The van der Waals surface area contributed by atoms with Crippen molar-refractivity contribution in [3.63, 3.8) is 0 Å². The normalized spacial score (nSPS) is 11.3. The van der Waals surface area contributed by atoms with Crippen LogP contribution in [0.2, 0.25) is 10.0 Å². The molecule has 5 nitrogen and oxygen atoms in total. The molecule has 6 aromatic rings. The van der Waals surface area contributed by atoms with E-state index in [0.29, 0.717) is 44.5 Å². The van der Waals surface area contributed by atoms with E-state index in [0.717, 1.165) is 22.2 Å². The van der Waals surface area contributed by atoms with Crippen LogP contribution in [-0.2, 0) is 0 Å². The molecule has 0 bridgehead atoms. The smallest absolute Gasteiger partial charge is 0.227 e. The van der Waals surface area contributed by atoms with Crippen LogP contribution in [0.5, 0.6) is 11.5 Å². The molecule has 0 N–H and O–H groups in total. The molecule has 2 aromatic heterocycles. The molecule has 160 valence electrons. The van der Waals surface area contributed by atoms with E-state index in [-0.39, 0.29) is 0 Å². The van der Waals surface area contributed by atoms with E-state index in [4.69, 9.17) is 36.8 Å². The third kappa shape index (κ3) is 3.93. The Bertz CT molecular complexity index is 1480. The minimum absolute atomic E-state index is 0.530. The van der Waals surface area contributed by atoms with Gasteiger partial charge in [-0.3, -0.25) is 0 Å². The maximum atomic E-state index is 6.03. The lowest BCUT2D eigenvalue weighted by Gasteiger charge is -2.06. The highest BCUT2D eigenvalue weighted by Crippen LogP contribution is 2.31. The zero-order valence-electron chi connectivity index (χ0n) is 17.0. The first kappa shape index (κ1) is 19.9. The van der Waals surface area contributed by atoms with Crippen molar-refractivity contribution in [1.29, 1.82) is 0 Å². The Labute approximate surface area is 198 Å². The molecule has 0 unspecified atom stereocenters. The molecule has 0 aliphatic rings. The minimum Gasteiger partial charge on any atom is -0.457 e. The highest BCUT2D eigenvalue weighted by Gasteiger charge is 2.11. The van der Waals surface area contributed by atoms with Gasteiger partial charge in [0, 0.05) is 21.2 Å². The highest BCUT2D eigenvalue weighted by molar-refractivity contribution is 6.31. The van der Waals surface area contributed by atoms with E-state index < -0.39 is 0 Å². The SMILES string of the molecule is Clc1ccc2oc(-c3ccc(Oc4ccc(-c5nc6cc(Cl)ccc6o5)cc4)cc3)nc2c1. The number of oxazole rings is 2. The van der Waals surface area contributed by atoms with Crippen molar-refractivity contribution < 1.29 is 13.6 Å². The van der Waals surface area contributed by atoms with Gasteiger partial charge in [0.05, 0.1) is 0 Å². The molecule has 0 amide bonds. The largest absolute Gasteiger partial charge is 0.457 e. The van der Waals surface area contributed by atoms with Crippen molar-refractivity contribution in [2.75, 3.05) is 0 Å². The third-order valence-electron chi connectivity index (χ3n) is 5.14. The summed E-state index contributed by atoms with van der Waals surface area (Å²) in [6.45, 7) is 0. The molecular weight excluding hydrogens is 459 g/mol. The van der Waals surface area contributed by atoms with Crippen LogP contribution in [0.15, 0.2) is 93.8 Å². The Morgan fingerprint density at radius 2 is 0.970 bits per heavy atom. The second kappa shape index (κ2) is 7.96. The van der Waals surface area contributed by atoms with E-state index in [9.17, 15) is 0 Å². The molecular formula is C26H14Cl2N2O3. The number of rotatable bonds is 4. The number of benzene rings is 4. The van der Waals surface area contributed by atoms with E-state index in [1.807, 2.05) is 60.7 Å². The van der Waals surface area contributed by atoms with E-state index in [2.05, 4.69) is 9.97 Å². The summed E-state index contributed by atoms with van der Waals surface area (Å²) in [5, 5.41) is 1.25. The Balaban J connectivity index is 1.19. The second-order valence-corrected chi connectivity index (χ2v) is 8.29. The topological polar surface area (TPSA) is 61.3 Å². The highest BCUT2D eigenvalue weighted by atomic mass is 35.5. The minimum atomic E-state index is 0.530. The summed E-state index contributed by atoms with van der Waals surface area (Å²) in [7, 11) is 0. The molecule has 2 heterocycles. The fraction of sp³-hybridized carbons (Fsp3) is 0. The Morgan fingerprint density at radius 3 is 1.39 bits per heavy atom. The molecule has 0 saturated heterocycles. The van der Waals surface area contributed by atoms with Gasteiger partial charge in [-0.2, -0.15) is 0 Å². The van der Waals surface area contributed by atoms with Crippen LogP contribution in [-0.4, -0.2) is 9.97 Å². The molecule has 0 aliphatic carbocycles. The average Bonchev–Trinajstić information content (AvgIpc) is 3.43. The van der Waals surface area contributed by atoms with Gasteiger partial charge < -0.3 is 13.6 Å². The number of aromatic nitrogens is 2. The quantitative estimate of drug-likeness (QED) is 0.257. The average molecular weight is 473 g/mol. The second-order valence-electron chi connectivity index (χ2n) is 7.41. The van der Waals surface area contributed by atoms with E-state index >= 15 is 0 Å². The van der Waals surface area contributed by atoms with Crippen molar-refractivity contribution in [2.45, 2.75) is 0 Å². The van der Waals surface area contributed by atoms with Crippen LogP contribution in [0.25, 0.3) is 45.1 Å². The predicted octanol–water partition coefficient (Wildman–Crippen LogP) is 8.40. The maximum absolute atomic E-state index is 6.03. The molecule has 4 aromatic carbocycles. The van der Waals surface area contributed by atoms with Crippen LogP contribution in [0, 0.1) is 0 Å². The summed E-state index contributed by atoms with van der Waals surface area (Å²) >= 11 is 12.1. The molecule has 0 fully saturated rings. The number of hydrogen-bond donors (Lipinski definition) is 0. The van der Waals surface area contributed by atoms with E-state index in [1.165, 1.54) is 0 Å². The summed E-state index contributed by atoms with van der Waals surface area (Å²) < 4.78 is 17.6. The first-order chi connectivity index (χ1) is 16.1. The number of hydrogen-bond acceptors (Lipinski definition) is 5. The molecule has 0 atom stereocenters. The fourth-order valence-electron chi connectivity index (χ4n) is 3.52. The first-order valence-corrected chi connectivity index (χ1v) is 10.9. The Kier molecular flexibility index (Phi) is 4.79.